The molecule has 0 N–H and O–H groups in total. The van der Waals surface area contributed by atoms with E-state index in [1.807, 2.05) is 6.92 Å². The highest BCUT2D eigenvalue weighted by atomic mass is 17.0. The average molecular weight is 233 g/mol. The third-order valence-electron chi connectivity index (χ3n) is 2.72. The molecule has 2 fully saturated rings. The van der Waals surface area contributed by atoms with Gasteiger partial charge in [0, 0.05) is 6.61 Å². The van der Waals surface area contributed by atoms with E-state index < -0.39 is 11.2 Å². The van der Waals surface area contributed by atoms with Crippen LogP contribution in [0.15, 0.2) is 0 Å². The molecule has 2 aliphatic heterocycles. The molecule has 0 aromatic heterocycles. The molecule has 0 aromatic rings. The van der Waals surface area contributed by atoms with Crippen molar-refractivity contribution in [3.05, 3.63) is 10.1 Å². The van der Waals surface area contributed by atoms with Gasteiger partial charge in [-0.1, -0.05) is 6.92 Å². The van der Waals surface area contributed by atoms with Crippen LogP contribution >= 0.6 is 0 Å². The van der Waals surface area contributed by atoms with Crippen molar-refractivity contribution in [2.45, 2.75) is 37.8 Å². The zero-order valence-electron chi connectivity index (χ0n) is 9.03. The summed E-state index contributed by atoms with van der Waals surface area (Å²) in [6.07, 6.45) is -0.466. The minimum atomic E-state index is -0.806. The Morgan fingerprint density at radius 1 is 1.31 bits per heavy atom. The predicted molar refractivity (Wildman–Crippen MR) is 51.4 cm³/mol. The second-order valence-corrected chi connectivity index (χ2v) is 3.87. The molecule has 0 aliphatic carbocycles. The summed E-state index contributed by atoms with van der Waals surface area (Å²) < 4.78 is 16.4. The topological polar surface area (TPSA) is 80.1 Å². The number of rotatable bonds is 5. The van der Waals surface area contributed by atoms with Gasteiger partial charge in [0.1, 0.15) is 18.3 Å². The number of nitrogens with zero attached hydrogens (tertiary/aromatic N) is 1. The maximum absolute atomic E-state index is 10.2. The van der Waals surface area contributed by atoms with Crippen molar-refractivity contribution >= 4 is 0 Å². The van der Waals surface area contributed by atoms with Crippen molar-refractivity contribution in [3.63, 3.8) is 0 Å². The number of hydrogen-bond donors (Lipinski definition) is 0. The van der Waals surface area contributed by atoms with Gasteiger partial charge in [-0.15, -0.1) is 10.1 Å². The van der Waals surface area contributed by atoms with Crippen LogP contribution in [0.3, 0.4) is 0 Å². The molecule has 0 saturated carbocycles. The lowest BCUT2D eigenvalue weighted by atomic mass is 10.1. The Balaban J connectivity index is 1.87. The summed E-state index contributed by atoms with van der Waals surface area (Å²) in [5.74, 6) is 0. The lowest BCUT2D eigenvalue weighted by Gasteiger charge is -2.16. The second-order valence-electron chi connectivity index (χ2n) is 3.87. The number of ether oxygens (including phenoxy) is 3. The van der Waals surface area contributed by atoms with Crippen LogP contribution in [0.4, 0.5) is 0 Å². The third-order valence-corrected chi connectivity index (χ3v) is 2.72. The van der Waals surface area contributed by atoms with E-state index >= 15 is 0 Å². The van der Waals surface area contributed by atoms with E-state index in [-0.39, 0.29) is 24.9 Å². The highest BCUT2D eigenvalue weighted by molar-refractivity contribution is 4.95. The summed E-state index contributed by atoms with van der Waals surface area (Å²) in [6.45, 7) is 3.25. The number of hydrogen-bond acceptors (Lipinski definition) is 6. The van der Waals surface area contributed by atoms with Crippen molar-refractivity contribution in [3.8, 4) is 0 Å². The van der Waals surface area contributed by atoms with Crippen molar-refractivity contribution in [2.75, 3.05) is 19.8 Å². The average Bonchev–Trinajstić information content (AvgIpc) is 2.78. The molecule has 0 radical (unpaired) electrons. The van der Waals surface area contributed by atoms with E-state index in [1.54, 1.807) is 0 Å². The molecule has 0 bridgehead atoms. The molecular weight excluding hydrogens is 218 g/mol. The van der Waals surface area contributed by atoms with E-state index in [1.165, 1.54) is 0 Å². The second kappa shape index (κ2) is 4.94. The van der Waals surface area contributed by atoms with Gasteiger partial charge in [-0.05, 0) is 6.42 Å². The van der Waals surface area contributed by atoms with Crippen LogP contribution in [-0.2, 0) is 19.0 Å². The van der Waals surface area contributed by atoms with Crippen molar-refractivity contribution in [1.82, 2.24) is 0 Å². The van der Waals surface area contributed by atoms with E-state index in [2.05, 4.69) is 4.84 Å². The standard InChI is InChI=1S/C9H15NO6/c1-2-3-13-6-4-14-9-7(16-10(11)12)5-15-8(6)9/h6-9H,2-5H2,1H3/t6-,7+,8-,9-/m1/s1. The van der Waals surface area contributed by atoms with Crippen molar-refractivity contribution < 1.29 is 24.1 Å². The van der Waals surface area contributed by atoms with Gasteiger partial charge in [0.2, 0.25) is 0 Å². The Morgan fingerprint density at radius 3 is 2.56 bits per heavy atom. The highest BCUT2D eigenvalue weighted by Gasteiger charge is 2.49. The Labute approximate surface area is 92.7 Å². The smallest absolute Gasteiger partial charge is 0.294 e. The van der Waals surface area contributed by atoms with Crippen LogP contribution < -0.4 is 0 Å². The summed E-state index contributed by atoms with van der Waals surface area (Å²) >= 11 is 0. The molecule has 7 nitrogen and oxygen atoms in total. The zero-order chi connectivity index (χ0) is 11.5. The van der Waals surface area contributed by atoms with Gasteiger partial charge in [-0.3, -0.25) is 0 Å². The molecule has 7 heteroatoms. The molecule has 0 aromatic carbocycles. The first-order chi connectivity index (χ1) is 7.72. The van der Waals surface area contributed by atoms with Crippen LogP contribution in [0, 0.1) is 10.1 Å². The first kappa shape index (κ1) is 11.6. The fourth-order valence-electron chi connectivity index (χ4n) is 2.04. The minimum Gasteiger partial charge on any atom is -0.373 e. The largest absolute Gasteiger partial charge is 0.373 e. The summed E-state index contributed by atoms with van der Waals surface area (Å²) in [6, 6.07) is 0. The molecule has 0 spiro atoms. The lowest BCUT2D eigenvalue weighted by Crippen LogP contribution is -2.35. The van der Waals surface area contributed by atoms with Crippen LogP contribution in [0.5, 0.6) is 0 Å². The van der Waals surface area contributed by atoms with Gasteiger partial charge < -0.3 is 19.0 Å². The molecule has 2 saturated heterocycles. The molecule has 92 valence electrons. The Hall–Kier alpha value is -0.920. The van der Waals surface area contributed by atoms with E-state index in [4.69, 9.17) is 14.2 Å². The first-order valence-electron chi connectivity index (χ1n) is 5.38. The predicted octanol–water partition coefficient (Wildman–Crippen LogP) is 0.156. The highest BCUT2D eigenvalue weighted by Crippen LogP contribution is 2.30. The van der Waals surface area contributed by atoms with Gasteiger partial charge in [0.25, 0.3) is 5.09 Å². The zero-order valence-corrected chi connectivity index (χ0v) is 9.03. The molecule has 0 amide bonds. The summed E-state index contributed by atoms with van der Waals surface area (Å²) in [5, 5.41) is 9.43. The Kier molecular flexibility index (Phi) is 3.57. The lowest BCUT2D eigenvalue weighted by molar-refractivity contribution is -0.769. The fraction of sp³-hybridized carbons (Fsp3) is 1.00. The molecular formula is C9H15NO6. The maximum atomic E-state index is 10.2. The number of fused-ring (bicyclic) bond motifs is 1. The Morgan fingerprint density at radius 2 is 1.94 bits per heavy atom. The molecule has 16 heavy (non-hydrogen) atoms. The molecule has 2 rings (SSSR count). The summed E-state index contributed by atoms with van der Waals surface area (Å²) in [7, 11) is 0. The monoisotopic (exact) mass is 233 g/mol. The van der Waals surface area contributed by atoms with Crippen LogP contribution in [0.25, 0.3) is 0 Å². The van der Waals surface area contributed by atoms with Crippen LogP contribution in [0.1, 0.15) is 13.3 Å². The molecule has 0 unspecified atom stereocenters. The summed E-state index contributed by atoms with van der Waals surface area (Å²) in [5.41, 5.74) is 0. The van der Waals surface area contributed by atoms with Crippen LogP contribution in [0.2, 0.25) is 0 Å². The van der Waals surface area contributed by atoms with E-state index in [0.29, 0.717) is 13.2 Å². The first-order valence-corrected chi connectivity index (χ1v) is 5.38. The molecule has 2 heterocycles. The van der Waals surface area contributed by atoms with Crippen LogP contribution in [-0.4, -0.2) is 49.3 Å². The van der Waals surface area contributed by atoms with Gasteiger partial charge in [-0.2, -0.15) is 0 Å². The quantitative estimate of drug-likeness (QED) is 0.497. The maximum Gasteiger partial charge on any atom is 0.294 e. The van der Waals surface area contributed by atoms with Crippen molar-refractivity contribution in [1.29, 1.82) is 0 Å². The van der Waals surface area contributed by atoms with Gasteiger partial charge >= 0.3 is 0 Å². The normalized spacial score (nSPS) is 37.3. The van der Waals surface area contributed by atoms with E-state index in [0.717, 1.165) is 6.42 Å². The van der Waals surface area contributed by atoms with Gasteiger partial charge in [0.15, 0.2) is 6.10 Å². The van der Waals surface area contributed by atoms with Gasteiger partial charge in [0.05, 0.1) is 13.2 Å². The SMILES string of the molecule is CCCO[C@@H]1CO[C@H]2[C@@H]1OC[C@@H]2O[N+](=O)[O-]. The van der Waals surface area contributed by atoms with Gasteiger partial charge in [-0.25, -0.2) is 0 Å². The van der Waals surface area contributed by atoms with E-state index in [9.17, 15) is 10.1 Å². The van der Waals surface area contributed by atoms with Crippen molar-refractivity contribution in [2.24, 2.45) is 0 Å². The Bertz CT molecular complexity index is 260. The fourth-order valence-corrected chi connectivity index (χ4v) is 2.04. The minimum absolute atomic E-state index is 0.134. The third kappa shape index (κ3) is 2.26. The molecule has 2 aliphatic rings. The summed E-state index contributed by atoms with van der Waals surface area (Å²) in [4.78, 5) is 14.7. The molecule has 4 atom stereocenters.